The highest BCUT2D eigenvalue weighted by Gasteiger charge is 2.09. The van der Waals surface area contributed by atoms with Crippen molar-refractivity contribution < 1.29 is 9.59 Å². The Labute approximate surface area is 149 Å². The number of hydrogen-bond donors (Lipinski definition) is 2. The van der Waals surface area contributed by atoms with Crippen molar-refractivity contribution in [3.8, 4) is 0 Å². The summed E-state index contributed by atoms with van der Waals surface area (Å²) in [4.78, 5) is 23.7. The first kappa shape index (κ1) is 18.0. The van der Waals surface area contributed by atoms with E-state index in [1.807, 2.05) is 19.1 Å². The number of hydrogen-bond acceptors (Lipinski definition) is 3. The smallest absolute Gasteiger partial charge is 0.259 e. The first-order valence-electron chi connectivity index (χ1n) is 7.09. The van der Waals surface area contributed by atoms with Crippen LogP contribution in [-0.4, -0.2) is 24.6 Å². The van der Waals surface area contributed by atoms with Gasteiger partial charge in [0.15, 0.2) is 0 Å². The van der Waals surface area contributed by atoms with Crippen LogP contribution in [0.15, 0.2) is 47.6 Å². The predicted molar refractivity (Wildman–Crippen MR) is 95.7 cm³/mol. The van der Waals surface area contributed by atoms with E-state index in [0.717, 1.165) is 5.56 Å². The van der Waals surface area contributed by atoms with Crippen LogP contribution in [0.1, 0.15) is 21.5 Å². The molecule has 24 heavy (non-hydrogen) atoms. The molecule has 0 unspecified atom stereocenters. The zero-order chi connectivity index (χ0) is 17.5. The fraction of sp³-hybridized carbons (Fsp3) is 0.118. The molecular formula is C17H15Cl2N3O2. The second-order valence-corrected chi connectivity index (χ2v) is 5.72. The Bertz CT molecular complexity index is 791. The van der Waals surface area contributed by atoms with Crippen molar-refractivity contribution in [3.63, 3.8) is 0 Å². The lowest BCUT2D eigenvalue weighted by atomic mass is 10.1. The van der Waals surface area contributed by atoms with Gasteiger partial charge in [0, 0.05) is 11.1 Å². The van der Waals surface area contributed by atoms with E-state index in [4.69, 9.17) is 23.2 Å². The molecule has 0 bridgehead atoms. The Morgan fingerprint density at radius 2 is 1.88 bits per heavy atom. The largest absolute Gasteiger partial charge is 0.343 e. The van der Waals surface area contributed by atoms with Gasteiger partial charge in [-0.15, -0.1) is 0 Å². The summed E-state index contributed by atoms with van der Waals surface area (Å²) in [6.07, 6.45) is 1.38. The van der Waals surface area contributed by atoms with Gasteiger partial charge in [-0.1, -0.05) is 53.5 Å². The summed E-state index contributed by atoms with van der Waals surface area (Å²) in [6.45, 7) is 1.64. The van der Waals surface area contributed by atoms with Crippen molar-refractivity contribution in [2.24, 2.45) is 5.10 Å². The van der Waals surface area contributed by atoms with Gasteiger partial charge in [-0.05, 0) is 24.6 Å². The second-order valence-electron chi connectivity index (χ2n) is 4.93. The molecule has 2 N–H and O–H groups in total. The van der Waals surface area contributed by atoms with Gasteiger partial charge in [0.05, 0.1) is 22.8 Å². The van der Waals surface area contributed by atoms with Crippen LogP contribution in [0.4, 0.5) is 0 Å². The fourth-order valence-corrected chi connectivity index (χ4v) is 2.27. The number of aryl methyl sites for hydroxylation is 1. The molecule has 0 saturated heterocycles. The third-order valence-electron chi connectivity index (χ3n) is 3.17. The highest BCUT2D eigenvalue weighted by atomic mass is 35.5. The van der Waals surface area contributed by atoms with Gasteiger partial charge in [0.2, 0.25) is 0 Å². The van der Waals surface area contributed by atoms with Gasteiger partial charge in [0.25, 0.3) is 11.8 Å². The number of rotatable bonds is 5. The summed E-state index contributed by atoms with van der Waals surface area (Å²) in [7, 11) is 0. The summed E-state index contributed by atoms with van der Waals surface area (Å²) >= 11 is 11.9. The minimum absolute atomic E-state index is 0.187. The normalized spacial score (nSPS) is 10.6. The number of carbonyl (C=O) groups is 2. The lowest BCUT2D eigenvalue weighted by molar-refractivity contribution is -0.120. The van der Waals surface area contributed by atoms with Gasteiger partial charge in [-0.2, -0.15) is 5.10 Å². The number of amides is 2. The summed E-state index contributed by atoms with van der Waals surface area (Å²) in [5.74, 6) is -0.767. The van der Waals surface area contributed by atoms with Crippen molar-refractivity contribution >= 4 is 41.2 Å². The average molecular weight is 364 g/mol. The number of nitrogens with one attached hydrogen (secondary N) is 2. The number of benzene rings is 2. The average Bonchev–Trinajstić information content (AvgIpc) is 2.57. The number of halogens is 2. The third kappa shape index (κ3) is 4.81. The van der Waals surface area contributed by atoms with Crippen molar-refractivity contribution in [1.82, 2.24) is 10.7 Å². The molecular weight excluding hydrogens is 349 g/mol. The Morgan fingerprint density at radius 3 is 2.62 bits per heavy atom. The molecule has 5 nitrogen and oxygen atoms in total. The lowest BCUT2D eigenvalue weighted by Crippen LogP contribution is -2.35. The molecule has 7 heteroatoms. The molecule has 0 aliphatic rings. The standard InChI is InChI=1S/C17H15Cl2N3O2/c1-11-5-2-3-7-13(11)17(24)20-10-15(23)22-21-9-12-6-4-8-14(18)16(12)19/h2-9H,10H2,1H3,(H,20,24)(H,22,23). The maximum atomic E-state index is 12.0. The van der Waals surface area contributed by atoms with Gasteiger partial charge in [-0.25, -0.2) is 5.43 Å². The third-order valence-corrected chi connectivity index (χ3v) is 4.01. The van der Waals surface area contributed by atoms with Crippen molar-refractivity contribution in [3.05, 3.63) is 69.2 Å². The quantitative estimate of drug-likeness (QED) is 0.632. The molecule has 0 aliphatic carbocycles. The highest BCUT2D eigenvalue weighted by Crippen LogP contribution is 2.23. The van der Waals surface area contributed by atoms with E-state index < -0.39 is 5.91 Å². The van der Waals surface area contributed by atoms with Crippen molar-refractivity contribution in [2.75, 3.05) is 6.54 Å². The van der Waals surface area contributed by atoms with Gasteiger partial charge in [0.1, 0.15) is 0 Å². The number of carbonyl (C=O) groups excluding carboxylic acids is 2. The predicted octanol–water partition coefficient (Wildman–Crippen LogP) is 3.18. The summed E-state index contributed by atoms with van der Waals surface area (Å²) in [6, 6.07) is 12.2. The van der Waals surface area contributed by atoms with Crippen LogP contribution < -0.4 is 10.7 Å². The highest BCUT2D eigenvalue weighted by molar-refractivity contribution is 6.43. The first-order chi connectivity index (χ1) is 11.5. The second kappa shape index (κ2) is 8.47. The number of nitrogens with zero attached hydrogens (tertiary/aromatic N) is 1. The monoisotopic (exact) mass is 363 g/mol. The minimum Gasteiger partial charge on any atom is -0.343 e. The zero-order valence-electron chi connectivity index (χ0n) is 12.8. The minimum atomic E-state index is -0.452. The van der Waals surface area contributed by atoms with Gasteiger partial charge in [-0.3, -0.25) is 9.59 Å². The van der Waals surface area contributed by atoms with Crippen molar-refractivity contribution in [2.45, 2.75) is 6.92 Å². The molecule has 0 aromatic heterocycles. The van der Waals surface area contributed by atoms with Gasteiger partial charge >= 0.3 is 0 Å². The van der Waals surface area contributed by atoms with E-state index in [2.05, 4.69) is 15.8 Å². The molecule has 0 fully saturated rings. The maximum Gasteiger partial charge on any atom is 0.259 e. The van der Waals surface area contributed by atoms with Crippen LogP contribution in [0, 0.1) is 6.92 Å². The van der Waals surface area contributed by atoms with Crippen LogP contribution in [-0.2, 0) is 4.79 Å². The van der Waals surface area contributed by atoms with E-state index in [1.54, 1.807) is 30.3 Å². The summed E-state index contributed by atoms with van der Waals surface area (Å²) in [5, 5.41) is 7.08. The molecule has 0 radical (unpaired) electrons. The van der Waals surface area contributed by atoms with E-state index in [-0.39, 0.29) is 12.5 Å². The molecule has 2 aromatic rings. The van der Waals surface area contributed by atoms with Crippen molar-refractivity contribution in [1.29, 1.82) is 0 Å². The van der Waals surface area contributed by atoms with Crippen LogP contribution in [0.2, 0.25) is 10.0 Å². The lowest BCUT2D eigenvalue weighted by Gasteiger charge is -2.06. The van der Waals surface area contributed by atoms with E-state index in [1.165, 1.54) is 6.21 Å². The topological polar surface area (TPSA) is 70.6 Å². The SMILES string of the molecule is Cc1ccccc1C(=O)NCC(=O)NN=Cc1cccc(Cl)c1Cl. The molecule has 0 spiro atoms. The summed E-state index contributed by atoms with van der Waals surface area (Å²) < 4.78 is 0. The molecule has 124 valence electrons. The van der Waals surface area contributed by atoms with Crippen LogP contribution in [0.25, 0.3) is 0 Å². The van der Waals surface area contributed by atoms with Crippen LogP contribution in [0.5, 0.6) is 0 Å². The van der Waals surface area contributed by atoms with E-state index in [9.17, 15) is 9.59 Å². The Kier molecular flexibility index (Phi) is 6.35. The molecule has 0 atom stereocenters. The molecule has 2 amide bonds. The zero-order valence-corrected chi connectivity index (χ0v) is 14.4. The number of hydrazone groups is 1. The Morgan fingerprint density at radius 1 is 1.12 bits per heavy atom. The fourth-order valence-electron chi connectivity index (χ4n) is 1.92. The van der Waals surface area contributed by atoms with E-state index >= 15 is 0 Å². The first-order valence-corrected chi connectivity index (χ1v) is 7.84. The Balaban J connectivity index is 1.86. The van der Waals surface area contributed by atoms with Crippen LogP contribution in [0.3, 0.4) is 0 Å². The molecule has 0 heterocycles. The maximum absolute atomic E-state index is 12.0. The molecule has 0 aliphatic heterocycles. The molecule has 2 aromatic carbocycles. The van der Waals surface area contributed by atoms with Gasteiger partial charge < -0.3 is 5.32 Å². The molecule has 0 saturated carbocycles. The molecule has 2 rings (SSSR count). The van der Waals surface area contributed by atoms with E-state index in [0.29, 0.717) is 21.2 Å². The summed E-state index contributed by atoms with van der Waals surface area (Å²) in [5.41, 5.74) is 4.25. The Hall–Kier alpha value is -2.37. The van der Waals surface area contributed by atoms with Crippen LogP contribution >= 0.6 is 23.2 Å².